The minimum absolute atomic E-state index is 0.185. The molecule has 1 amide bonds. The quantitative estimate of drug-likeness (QED) is 0.834. The van der Waals surface area contributed by atoms with Gasteiger partial charge in [0.05, 0.1) is 10.6 Å². The molecule has 1 aliphatic rings. The van der Waals surface area contributed by atoms with Crippen LogP contribution in [-0.4, -0.2) is 12.7 Å². The van der Waals surface area contributed by atoms with Gasteiger partial charge in [0.15, 0.2) is 11.5 Å². The number of fused-ring (bicyclic) bond motifs is 1. The molecule has 2 aromatic rings. The Morgan fingerprint density at radius 2 is 2.00 bits per heavy atom. The zero-order valence-electron chi connectivity index (χ0n) is 10.4. The van der Waals surface area contributed by atoms with Crippen molar-refractivity contribution in [2.45, 2.75) is 0 Å². The van der Waals surface area contributed by atoms with Crippen molar-refractivity contribution >= 4 is 28.9 Å². The molecule has 0 aliphatic carbocycles. The van der Waals surface area contributed by atoms with Gasteiger partial charge >= 0.3 is 0 Å². The third kappa shape index (κ3) is 2.23. The maximum atomic E-state index is 12.2. The molecule has 0 saturated carbocycles. The molecule has 6 heteroatoms. The van der Waals surface area contributed by atoms with E-state index < -0.39 is 0 Å². The predicted molar refractivity (Wildman–Crippen MR) is 76.4 cm³/mol. The number of rotatable bonds is 2. The topological polar surface area (TPSA) is 73.6 Å². The van der Waals surface area contributed by atoms with E-state index in [2.05, 4.69) is 5.32 Å². The third-order valence-corrected chi connectivity index (χ3v) is 3.22. The van der Waals surface area contributed by atoms with Gasteiger partial charge in [0.1, 0.15) is 0 Å². The highest BCUT2D eigenvalue weighted by Crippen LogP contribution is 2.34. The van der Waals surface area contributed by atoms with Gasteiger partial charge in [-0.3, -0.25) is 4.79 Å². The van der Waals surface area contributed by atoms with Gasteiger partial charge < -0.3 is 20.5 Å². The van der Waals surface area contributed by atoms with Crippen LogP contribution in [0.1, 0.15) is 10.4 Å². The predicted octanol–water partition coefficient (Wildman–Crippen LogP) is 2.90. The number of carbonyl (C=O) groups is 1. The van der Waals surface area contributed by atoms with E-state index in [9.17, 15) is 4.79 Å². The number of anilines is 2. The highest BCUT2D eigenvalue weighted by molar-refractivity contribution is 6.35. The van der Waals surface area contributed by atoms with Crippen LogP contribution in [0.15, 0.2) is 36.4 Å². The lowest BCUT2D eigenvalue weighted by molar-refractivity contribution is 0.102. The number of nitrogen functional groups attached to an aromatic ring is 1. The van der Waals surface area contributed by atoms with E-state index in [4.69, 9.17) is 26.8 Å². The number of benzene rings is 2. The van der Waals surface area contributed by atoms with Gasteiger partial charge in [0.2, 0.25) is 6.79 Å². The van der Waals surface area contributed by atoms with Crippen LogP contribution in [-0.2, 0) is 0 Å². The van der Waals surface area contributed by atoms with Crippen LogP contribution >= 0.6 is 11.6 Å². The molecule has 0 saturated heterocycles. The van der Waals surface area contributed by atoms with Gasteiger partial charge in [0, 0.05) is 17.4 Å². The number of hydrogen-bond acceptors (Lipinski definition) is 4. The monoisotopic (exact) mass is 290 g/mol. The first-order valence-corrected chi connectivity index (χ1v) is 6.28. The fraction of sp³-hybridized carbons (Fsp3) is 0.0714. The average Bonchev–Trinajstić information content (AvgIpc) is 2.85. The van der Waals surface area contributed by atoms with Crippen molar-refractivity contribution < 1.29 is 14.3 Å². The Hall–Kier alpha value is -2.40. The Labute approximate surface area is 120 Å². The molecule has 3 N–H and O–H groups in total. The average molecular weight is 291 g/mol. The first-order valence-electron chi connectivity index (χ1n) is 5.90. The third-order valence-electron chi connectivity index (χ3n) is 2.90. The summed E-state index contributed by atoms with van der Waals surface area (Å²) in [5, 5.41) is 3.04. The molecule has 3 rings (SSSR count). The van der Waals surface area contributed by atoms with E-state index in [-0.39, 0.29) is 18.3 Å². The minimum atomic E-state index is -0.369. The van der Waals surface area contributed by atoms with E-state index in [1.807, 2.05) is 0 Å². The standard InChI is InChI=1S/C14H11ClN2O3/c15-9-2-1-3-10(16)13(9)14(18)17-8-4-5-11-12(6-8)20-7-19-11/h1-6H,7,16H2,(H,17,18). The summed E-state index contributed by atoms with van der Waals surface area (Å²) in [5.74, 6) is 0.877. The summed E-state index contributed by atoms with van der Waals surface area (Å²) in [5.41, 5.74) is 6.94. The molecule has 20 heavy (non-hydrogen) atoms. The molecule has 0 bridgehead atoms. The van der Waals surface area contributed by atoms with Crippen molar-refractivity contribution in [3.8, 4) is 11.5 Å². The van der Waals surface area contributed by atoms with Crippen molar-refractivity contribution in [1.29, 1.82) is 0 Å². The van der Waals surface area contributed by atoms with Crippen LogP contribution in [0.2, 0.25) is 5.02 Å². The Morgan fingerprint density at radius 3 is 2.80 bits per heavy atom. The number of halogens is 1. The van der Waals surface area contributed by atoms with Crippen LogP contribution in [0.25, 0.3) is 0 Å². The molecule has 0 unspecified atom stereocenters. The first kappa shape index (κ1) is 12.6. The zero-order valence-corrected chi connectivity index (χ0v) is 11.1. The number of amides is 1. The largest absolute Gasteiger partial charge is 0.454 e. The van der Waals surface area contributed by atoms with E-state index in [1.54, 1.807) is 36.4 Å². The molecule has 0 radical (unpaired) electrons. The molecular formula is C14H11ClN2O3. The summed E-state index contributed by atoms with van der Waals surface area (Å²) in [6.45, 7) is 0.185. The summed E-state index contributed by atoms with van der Waals surface area (Å²) >= 11 is 6.00. The molecule has 1 aliphatic heterocycles. The van der Waals surface area contributed by atoms with Crippen LogP contribution in [0.3, 0.4) is 0 Å². The highest BCUT2D eigenvalue weighted by atomic mass is 35.5. The summed E-state index contributed by atoms with van der Waals surface area (Å²) < 4.78 is 10.5. The summed E-state index contributed by atoms with van der Waals surface area (Å²) in [6, 6.07) is 10.1. The lowest BCUT2D eigenvalue weighted by atomic mass is 10.1. The lowest BCUT2D eigenvalue weighted by Gasteiger charge is -2.09. The molecule has 1 heterocycles. The molecule has 0 fully saturated rings. The number of nitrogens with two attached hydrogens (primary N) is 1. The Morgan fingerprint density at radius 1 is 1.20 bits per heavy atom. The molecule has 102 valence electrons. The van der Waals surface area contributed by atoms with Crippen molar-refractivity contribution in [3.05, 3.63) is 47.0 Å². The number of carbonyl (C=O) groups excluding carboxylic acids is 1. The number of hydrogen-bond donors (Lipinski definition) is 2. The van der Waals surface area contributed by atoms with Crippen molar-refractivity contribution in [2.75, 3.05) is 17.8 Å². The zero-order chi connectivity index (χ0) is 14.1. The van der Waals surface area contributed by atoms with Gasteiger partial charge in [-0.2, -0.15) is 0 Å². The number of nitrogens with one attached hydrogen (secondary N) is 1. The van der Waals surface area contributed by atoms with Gasteiger partial charge in [-0.1, -0.05) is 17.7 Å². The van der Waals surface area contributed by atoms with Crippen molar-refractivity contribution in [1.82, 2.24) is 0 Å². The van der Waals surface area contributed by atoms with Crippen LogP contribution in [0, 0.1) is 0 Å². The van der Waals surface area contributed by atoms with Gasteiger partial charge in [-0.25, -0.2) is 0 Å². The summed E-state index contributed by atoms with van der Waals surface area (Å²) in [7, 11) is 0. The molecular weight excluding hydrogens is 280 g/mol. The van der Waals surface area contributed by atoms with E-state index >= 15 is 0 Å². The van der Waals surface area contributed by atoms with E-state index in [0.717, 1.165) is 0 Å². The summed E-state index contributed by atoms with van der Waals surface area (Å²) in [6.07, 6.45) is 0. The maximum absolute atomic E-state index is 12.2. The first-order chi connectivity index (χ1) is 9.65. The van der Waals surface area contributed by atoms with Crippen molar-refractivity contribution in [2.24, 2.45) is 0 Å². The second kappa shape index (κ2) is 4.94. The SMILES string of the molecule is Nc1cccc(Cl)c1C(=O)Nc1ccc2c(c1)OCO2. The van der Waals surface area contributed by atoms with E-state index in [0.29, 0.717) is 27.9 Å². The van der Waals surface area contributed by atoms with Gasteiger partial charge in [0.25, 0.3) is 5.91 Å². The molecule has 0 aromatic heterocycles. The maximum Gasteiger partial charge on any atom is 0.259 e. The lowest BCUT2D eigenvalue weighted by Crippen LogP contribution is -2.14. The van der Waals surface area contributed by atoms with Gasteiger partial charge in [-0.15, -0.1) is 0 Å². The fourth-order valence-electron chi connectivity index (χ4n) is 1.95. The van der Waals surface area contributed by atoms with Crippen LogP contribution < -0.4 is 20.5 Å². The number of ether oxygens (including phenoxy) is 2. The minimum Gasteiger partial charge on any atom is -0.454 e. The Balaban J connectivity index is 1.86. The molecule has 5 nitrogen and oxygen atoms in total. The fourth-order valence-corrected chi connectivity index (χ4v) is 2.22. The summed E-state index contributed by atoms with van der Waals surface area (Å²) in [4.78, 5) is 12.2. The van der Waals surface area contributed by atoms with Crippen LogP contribution in [0.4, 0.5) is 11.4 Å². The van der Waals surface area contributed by atoms with Crippen molar-refractivity contribution in [3.63, 3.8) is 0 Å². The Kier molecular flexibility index (Phi) is 3.12. The molecule has 0 spiro atoms. The second-order valence-electron chi connectivity index (χ2n) is 4.23. The molecule has 2 aromatic carbocycles. The van der Waals surface area contributed by atoms with Gasteiger partial charge in [-0.05, 0) is 24.3 Å². The highest BCUT2D eigenvalue weighted by Gasteiger charge is 2.17. The van der Waals surface area contributed by atoms with E-state index in [1.165, 1.54) is 0 Å². The Bertz CT molecular complexity index is 668. The normalized spacial score (nSPS) is 12.2. The smallest absolute Gasteiger partial charge is 0.259 e. The molecule has 0 atom stereocenters. The van der Waals surface area contributed by atoms with Crippen LogP contribution in [0.5, 0.6) is 11.5 Å². The second-order valence-corrected chi connectivity index (χ2v) is 4.63.